The van der Waals surface area contributed by atoms with E-state index in [-0.39, 0.29) is 24.4 Å². The van der Waals surface area contributed by atoms with Crippen molar-refractivity contribution in [3.63, 3.8) is 0 Å². The molecule has 1 aromatic carbocycles. The number of amides is 1. The van der Waals surface area contributed by atoms with Crippen LogP contribution in [0.15, 0.2) is 30.3 Å². The van der Waals surface area contributed by atoms with Crippen LogP contribution in [0.1, 0.15) is 32.2 Å². The predicted octanol–water partition coefficient (Wildman–Crippen LogP) is 1.66. The minimum absolute atomic E-state index is 0. The molecular formula is C16H23ClN6O. The molecule has 8 heteroatoms. The van der Waals surface area contributed by atoms with Crippen molar-refractivity contribution >= 4 is 18.3 Å². The molecule has 1 fully saturated rings. The molecule has 7 nitrogen and oxygen atoms in total. The van der Waals surface area contributed by atoms with Gasteiger partial charge in [-0.3, -0.25) is 4.79 Å². The molecule has 0 spiro atoms. The van der Waals surface area contributed by atoms with Crippen molar-refractivity contribution < 1.29 is 4.79 Å². The van der Waals surface area contributed by atoms with E-state index in [4.69, 9.17) is 5.73 Å². The molecule has 1 aliphatic heterocycles. The van der Waals surface area contributed by atoms with Gasteiger partial charge in [0, 0.05) is 24.7 Å². The molecule has 1 aromatic heterocycles. The Hall–Kier alpha value is -1.99. The van der Waals surface area contributed by atoms with Gasteiger partial charge >= 0.3 is 0 Å². The molecule has 2 atom stereocenters. The Morgan fingerprint density at radius 1 is 1.33 bits per heavy atom. The topological polar surface area (TPSA) is 89.9 Å². The summed E-state index contributed by atoms with van der Waals surface area (Å²) in [4.78, 5) is 16.0. The normalized spacial score (nSPS) is 18.8. The highest BCUT2D eigenvalue weighted by Gasteiger charge is 2.30. The van der Waals surface area contributed by atoms with Crippen molar-refractivity contribution in [2.75, 3.05) is 13.1 Å². The quantitative estimate of drug-likeness (QED) is 0.905. The first-order chi connectivity index (χ1) is 11.2. The van der Waals surface area contributed by atoms with Gasteiger partial charge in [0.2, 0.25) is 11.7 Å². The van der Waals surface area contributed by atoms with Gasteiger partial charge in [-0.1, -0.05) is 30.3 Å². The molecule has 3 rings (SSSR count). The fraction of sp³-hybridized carbons (Fsp3) is 0.500. The molecule has 24 heavy (non-hydrogen) atoms. The van der Waals surface area contributed by atoms with Crippen LogP contribution in [0.2, 0.25) is 0 Å². The first-order valence-electron chi connectivity index (χ1n) is 8.06. The highest BCUT2D eigenvalue weighted by atomic mass is 35.5. The average Bonchev–Trinajstić information content (AvgIpc) is 3.11. The van der Waals surface area contributed by atoms with Crippen molar-refractivity contribution in [2.45, 2.75) is 38.3 Å². The van der Waals surface area contributed by atoms with Gasteiger partial charge in [0.25, 0.3) is 0 Å². The Morgan fingerprint density at radius 2 is 2.08 bits per heavy atom. The lowest BCUT2D eigenvalue weighted by molar-refractivity contribution is -0.138. The summed E-state index contributed by atoms with van der Waals surface area (Å²) in [6, 6.07) is 9.26. The zero-order chi connectivity index (χ0) is 16.2. The number of likely N-dealkylation sites (tertiary alicyclic amines) is 1. The monoisotopic (exact) mass is 350 g/mol. The van der Waals surface area contributed by atoms with Crippen molar-refractivity contribution in [3.05, 3.63) is 30.3 Å². The highest BCUT2D eigenvalue weighted by molar-refractivity contribution is 5.85. The second kappa shape index (κ2) is 8.21. The largest absolute Gasteiger partial charge is 0.337 e. The smallest absolute Gasteiger partial charge is 0.249 e. The van der Waals surface area contributed by atoms with Crippen LogP contribution in [0.4, 0.5) is 0 Å². The Morgan fingerprint density at radius 3 is 2.79 bits per heavy atom. The van der Waals surface area contributed by atoms with E-state index in [2.05, 4.69) is 15.4 Å². The van der Waals surface area contributed by atoms with E-state index >= 15 is 0 Å². The molecule has 2 unspecified atom stereocenters. The lowest BCUT2D eigenvalue weighted by atomic mass is 10.0. The number of piperidine rings is 1. The number of benzene rings is 1. The van der Waals surface area contributed by atoms with Gasteiger partial charge in [0.05, 0.1) is 0 Å². The first-order valence-corrected chi connectivity index (χ1v) is 8.06. The van der Waals surface area contributed by atoms with Crippen LogP contribution >= 0.6 is 12.4 Å². The molecule has 0 aliphatic carbocycles. The summed E-state index contributed by atoms with van der Waals surface area (Å²) in [5.74, 6) is 0.538. The Bertz CT molecular complexity index is 662. The van der Waals surface area contributed by atoms with E-state index in [1.165, 1.54) is 4.80 Å². The van der Waals surface area contributed by atoms with Crippen molar-refractivity contribution in [1.82, 2.24) is 25.1 Å². The minimum Gasteiger partial charge on any atom is -0.337 e. The van der Waals surface area contributed by atoms with Crippen molar-refractivity contribution in [1.29, 1.82) is 0 Å². The lowest BCUT2D eigenvalue weighted by Gasteiger charge is -2.36. The van der Waals surface area contributed by atoms with E-state index in [0.717, 1.165) is 31.4 Å². The summed E-state index contributed by atoms with van der Waals surface area (Å²) >= 11 is 0. The van der Waals surface area contributed by atoms with Gasteiger partial charge in [0.1, 0.15) is 6.04 Å². The molecule has 0 bridgehead atoms. The fourth-order valence-electron chi connectivity index (χ4n) is 2.97. The maximum atomic E-state index is 12.8. The molecule has 1 amide bonds. The molecule has 2 heterocycles. The molecule has 1 saturated heterocycles. The van der Waals surface area contributed by atoms with Gasteiger partial charge in [-0.05, 0) is 31.4 Å². The summed E-state index contributed by atoms with van der Waals surface area (Å²) in [6.07, 6.45) is 3.11. The third-order valence-electron chi connectivity index (χ3n) is 4.35. The molecule has 2 aromatic rings. The second-order valence-electron chi connectivity index (χ2n) is 5.89. The third-order valence-corrected chi connectivity index (χ3v) is 4.35. The Kier molecular flexibility index (Phi) is 6.28. The number of tetrazole rings is 1. The van der Waals surface area contributed by atoms with Gasteiger partial charge in [-0.15, -0.1) is 22.6 Å². The van der Waals surface area contributed by atoms with Crippen LogP contribution in [-0.2, 0) is 4.79 Å². The summed E-state index contributed by atoms with van der Waals surface area (Å²) in [6.45, 7) is 3.06. The predicted molar refractivity (Wildman–Crippen MR) is 93.6 cm³/mol. The van der Waals surface area contributed by atoms with Gasteiger partial charge in [-0.2, -0.15) is 4.80 Å². The Labute approximate surface area is 147 Å². The number of aromatic nitrogens is 4. The van der Waals surface area contributed by atoms with E-state index < -0.39 is 6.04 Å². The average molecular weight is 351 g/mol. The summed E-state index contributed by atoms with van der Waals surface area (Å²) in [5, 5.41) is 12.5. The number of nitrogens with zero attached hydrogens (tertiary/aromatic N) is 5. The van der Waals surface area contributed by atoms with Crippen LogP contribution in [0.3, 0.4) is 0 Å². The maximum absolute atomic E-state index is 12.8. The number of hydrogen-bond donors (Lipinski definition) is 1. The number of carbonyl (C=O) groups excluding carboxylic acids is 1. The standard InChI is InChI=1S/C16H22N6O.ClH/c1-12(16(23)21-10-6-5-9-14(21)11-17)22-19-15(18-20-22)13-7-3-2-4-8-13;/h2-4,7-8,12,14H,5-6,9-11,17H2,1H3;1H. The zero-order valence-corrected chi connectivity index (χ0v) is 14.5. The second-order valence-corrected chi connectivity index (χ2v) is 5.89. The number of hydrogen-bond acceptors (Lipinski definition) is 5. The van der Waals surface area contributed by atoms with E-state index in [1.54, 1.807) is 6.92 Å². The lowest BCUT2D eigenvalue weighted by Crippen LogP contribution is -2.49. The molecule has 0 radical (unpaired) electrons. The SMILES string of the molecule is CC(C(=O)N1CCCCC1CN)n1nnc(-c2ccccc2)n1.Cl. The van der Waals surface area contributed by atoms with E-state index in [1.807, 2.05) is 35.2 Å². The maximum Gasteiger partial charge on any atom is 0.249 e. The molecule has 0 saturated carbocycles. The summed E-state index contributed by atoms with van der Waals surface area (Å²) in [5.41, 5.74) is 6.69. The van der Waals surface area contributed by atoms with Crippen LogP contribution in [0.5, 0.6) is 0 Å². The third kappa shape index (κ3) is 3.73. The zero-order valence-electron chi connectivity index (χ0n) is 13.7. The van der Waals surface area contributed by atoms with E-state index in [9.17, 15) is 4.79 Å². The van der Waals surface area contributed by atoms with Crippen LogP contribution in [0, 0.1) is 0 Å². The van der Waals surface area contributed by atoms with Crippen LogP contribution in [-0.4, -0.2) is 50.1 Å². The molecular weight excluding hydrogens is 328 g/mol. The molecule has 2 N–H and O–H groups in total. The fourth-order valence-corrected chi connectivity index (χ4v) is 2.97. The first kappa shape index (κ1) is 18.4. The number of nitrogens with two attached hydrogens (primary N) is 1. The highest BCUT2D eigenvalue weighted by Crippen LogP contribution is 2.20. The number of carbonyl (C=O) groups is 1. The summed E-state index contributed by atoms with van der Waals surface area (Å²) < 4.78 is 0. The number of rotatable bonds is 4. The Balaban J connectivity index is 0.00000208. The van der Waals surface area contributed by atoms with E-state index in [0.29, 0.717) is 12.4 Å². The minimum atomic E-state index is -0.480. The van der Waals surface area contributed by atoms with Gasteiger partial charge in [0.15, 0.2) is 0 Å². The number of halogens is 1. The van der Waals surface area contributed by atoms with Crippen LogP contribution < -0.4 is 5.73 Å². The summed E-state index contributed by atoms with van der Waals surface area (Å²) in [7, 11) is 0. The van der Waals surface area contributed by atoms with Crippen LogP contribution in [0.25, 0.3) is 11.4 Å². The van der Waals surface area contributed by atoms with Crippen molar-refractivity contribution in [2.24, 2.45) is 5.73 Å². The van der Waals surface area contributed by atoms with Gasteiger partial charge in [-0.25, -0.2) is 0 Å². The van der Waals surface area contributed by atoms with Gasteiger partial charge < -0.3 is 10.6 Å². The molecule has 130 valence electrons. The van der Waals surface area contributed by atoms with Crippen molar-refractivity contribution in [3.8, 4) is 11.4 Å². The molecule has 1 aliphatic rings.